The van der Waals surface area contributed by atoms with Gasteiger partial charge >= 0.3 is 0 Å². The van der Waals surface area contributed by atoms with Crippen molar-refractivity contribution in [3.05, 3.63) is 29.8 Å². The lowest BCUT2D eigenvalue weighted by Gasteiger charge is -2.12. The fraction of sp³-hybridized carbons (Fsp3) is 0.538. The van der Waals surface area contributed by atoms with E-state index in [0.29, 0.717) is 6.61 Å². The molecule has 0 aliphatic heterocycles. The topological polar surface area (TPSA) is 35.2 Å². The van der Waals surface area contributed by atoms with Crippen LogP contribution in [0.5, 0.6) is 5.75 Å². The lowest BCUT2D eigenvalue weighted by atomic mass is 10.2. The van der Waals surface area contributed by atoms with Gasteiger partial charge in [-0.05, 0) is 30.5 Å². The number of aryl methyl sites for hydroxylation is 1. The first-order valence-electron chi connectivity index (χ1n) is 5.73. The predicted molar refractivity (Wildman–Crippen MR) is 64.2 cm³/mol. The van der Waals surface area contributed by atoms with Gasteiger partial charge in [-0.1, -0.05) is 32.4 Å². The SMILES string of the molecule is CCCC(N)COc1ccc(CC)cc1. The summed E-state index contributed by atoms with van der Waals surface area (Å²) in [6.07, 6.45) is 3.20. The van der Waals surface area contributed by atoms with Crippen molar-refractivity contribution in [3.8, 4) is 5.75 Å². The maximum absolute atomic E-state index is 5.86. The van der Waals surface area contributed by atoms with Crippen LogP contribution in [0.2, 0.25) is 0 Å². The van der Waals surface area contributed by atoms with Crippen molar-refractivity contribution in [1.82, 2.24) is 0 Å². The Morgan fingerprint density at radius 1 is 1.20 bits per heavy atom. The molecule has 0 spiro atoms. The minimum Gasteiger partial charge on any atom is -0.492 e. The minimum atomic E-state index is 0.154. The smallest absolute Gasteiger partial charge is 0.119 e. The van der Waals surface area contributed by atoms with E-state index < -0.39 is 0 Å². The summed E-state index contributed by atoms with van der Waals surface area (Å²) < 4.78 is 5.59. The van der Waals surface area contributed by atoms with E-state index in [9.17, 15) is 0 Å². The van der Waals surface area contributed by atoms with Crippen LogP contribution < -0.4 is 10.5 Å². The van der Waals surface area contributed by atoms with Gasteiger partial charge in [0.1, 0.15) is 12.4 Å². The van der Waals surface area contributed by atoms with Crippen molar-refractivity contribution in [3.63, 3.8) is 0 Å². The van der Waals surface area contributed by atoms with Crippen molar-refractivity contribution in [1.29, 1.82) is 0 Å². The Hall–Kier alpha value is -1.02. The molecular weight excluding hydrogens is 186 g/mol. The molecule has 0 radical (unpaired) electrons. The second kappa shape index (κ2) is 6.46. The van der Waals surface area contributed by atoms with Gasteiger partial charge in [-0.15, -0.1) is 0 Å². The maximum Gasteiger partial charge on any atom is 0.119 e. The zero-order valence-corrected chi connectivity index (χ0v) is 9.70. The molecule has 2 nitrogen and oxygen atoms in total. The Balaban J connectivity index is 2.37. The Morgan fingerprint density at radius 3 is 2.40 bits per heavy atom. The zero-order valence-electron chi connectivity index (χ0n) is 9.70. The summed E-state index contributed by atoms with van der Waals surface area (Å²) in [7, 11) is 0. The van der Waals surface area contributed by atoms with Gasteiger partial charge in [0.25, 0.3) is 0 Å². The van der Waals surface area contributed by atoms with Crippen LogP contribution >= 0.6 is 0 Å². The van der Waals surface area contributed by atoms with Crippen LogP contribution in [0.4, 0.5) is 0 Å². The lowest BCUT2D eigenvalue weighted by molar-refractivity contribution is 0.281. The first-order chi connectivity index (χ1) is 7.26. The molecule has 0 aliphatic rings. The summed E-state index contributed by atoms with van der Waals surface area (Å²) >= 11 is 0. The van der Waals surface area contributed by atoms with Gasteiger partial charge < -0.3 is 10.5 Å². The fourth-order valence-electron chi connectivity index (χ4n) is 1.48. The number of rotatable bonds is 6. The van der Waals surface area contributed by atoms with Crippen molar-refractivity contribution < 1.29 is 4.74 Å². The number of ether oxygens (including phenoxy) is 1. The van der Waals surface area contributed by atoms with Gasteiger partial charge in [0.05, 0.1) is 0 Å². The van der Waals surface area contributed by atoms with Gasteiger partial charge in [0.2, 0.25) is 0 Å². The molecular formula is C13H21NO. The average molecular weight is 207 g/mol. The normalized spacial score (nSPS) is 12.5. The summed E-state index contributed by atoms with van der Waals surface area (Å²) in [5.41, 5.74) is 7.20. The summed E-state index contributed by atoms with van der Waals surface area (Å²) in [6.45, 7) is 4.89. The number of benzene rings is 1. The molecule has 1 aromatic carbocycles. The fourth-order valence-corrected chi connectivity index (χ4v) is 1.48. The van der Waals surface area contributed by atoms with Crippen molar-refractivity contribution in [2.45, 2.75) is 39.2 Å². The van der Waals surface area contributed by atoms with E-state index >= 15 is 0 Å². The highest BCUT2D eigenvalue weighted by molar-refractivity contribution is 5.27. The third kappa shape index (κ3) is 4.34. The van der Waals surface area contributed by atoms with Crippen LogP contribution in [-0.2, 0) is 6.42 Å². The highest BCUT2D eigenvalue weighted by Gasteiger charge is 2.01. The molecule has 0 saturated heterocycles. The Bertz CT molecular complexity index is 268. The molecule has 0 aliphatic carbocycles. The van der Waals surface area contributed by atoms with Gasteiger partial charge in [-0.2, -0.15) is 0 Å². The molecule has 1 rings (SSSR count). The number of hydrogen-bond acceptors (Lipinski definition) is 2. The molecule has 1 atom stereocenters. The Kier molecular flexibility index (Phi) is 5.19. The standard InChI is InChI=1S/C13H21NO/c1-3-5-12(14)10-15-13-8-6-11(4-2)7-9-13/h6-9,12H,3-5,10,14H2,1-2H3. The summed E-state index contributed by atoms with van der Waals surface area (Å²) in [6, 6.07) is 8.37. The van der Waals surface area contributed by atoms with Crippen LogP contribution in [-0.4, -0.2) is 12.6 Å². The second-order valence-corrected chi connectivity index (χ2v) is 3.86. The van der Waals surface area contributed by atoms with E-state index in [0.717, 1.165) is 25.0 Å². The monoisotopic (exact) mass is 207 g/mol. The highest BCUT2D eigenvalue weighted by atomic mass is 16.5. The van der Waals surface area contributed by atoms with E-state index in [-0.39, 0.29) is 6.04 Å². The lowest BCUT2D eigenvalue weighted by Crippen LogP contribution is -2.27. The van der Waals surface area contributed by atoms with E-state index in [1.54, 1.807) is 0 Å². The second-order valence-electron chi connectivity index (χ2n) is 3.86. The highest BCUT2D eigenvalue weighted by Crippen LogP contribution is 2.12. The third-order valence-electron chi connectivity index (χ3n) is 2.46. The van der Waals surface area contributed by atoms with Gasteiger partial charge in [0.15, 0.2) is 0 Å². The first-order valence-corrected chi connectivity index (χ1v) is 5.73. The molecule has 84 valence electrons. The van der Waals surface area contributed by atoms with E-state index in [1.807, 2.05) is 12.1 Å². The molecule has 0 fully saturated rings. The molecule has 0 saturated carbocycles. The Labute approximate surface area is 92.4 Å². The number of nitrogens with two attached hydrogens (primary N) is 1. The third-order valence-corrected chi connectivity index (χ3v) is 2.46. The first kappa shape index (κ1) is 12.1. The molecule has 0 amide bonds. The molecule has 2 N–H and O–H groups in total. The van der Waals surface area contributed by atoms with E-state index in [4.69, 9.17) is 10.5 Å². The summed E-state index contributed by atoms with van der Waals surface area (Å²) in [5.74, 6) is 0.916. The molecule has 2 heteroatoms. The van der Waals surface area contributed by atoms with Crippen molar-refractivity contribution in [2.24, 2.45) is 5.73 Å². The molecule has 15 heavy (non-hydrogen) atoms. The van der Waals surface area contributed by atoms with Crippen LogP contribution in [0.3, 0.4) is 0 Å². The summed E-state index contributed by atoms with van der Waals surface area (Å²) in [4.78, 5) is 0. The van der Waals surface area contributed by atoms with Crippen LogP contribution in [0.25, 0.3) is 0 Å². The molecule has 1 aromatic rings. The summed E-state index contributed by atoms with van der Waals surface area (Å²) in [5, 5.41) is 0. The van der Waals surface area contributed by atoms with Gasteiger partial charge in [-0.25, -0.2) is 0 Å². The average Bonchev–Trinajstić information content (AvgIpc) is 2.27. The largest absolute Gasteiger partial charge is 0.492 e. The van der Waals surface area contributed by atoms with Crippen LogP contribution in [0, 0.1) is 0 Å². The maximum atomic E-state index is 5.86. The van der Waals surface area contributed by atoms with Crippen LogP contribution in [0.1, 0.15) is 32.3 Å². The molecule has 0 heterocycles. The minimum absolute atomic E-state index is 0.154. The van der Waals surface area contributed by atoms with Gasteiger partial charge in [-0.3, -0.25) is 0 Å². The number of hydrogen-bond donors (Lipinski definition) is 1. The molecule has 0 bridgehead atoms. The van der Waals surface area contributed by atoms with Gasteiger partial charge in [0, 0.05) is 6.04 Å². The van der Waals surface area contributed by atoms with Crippen molar-refractivity contribution in [2.75, 3.05) is 6.61 Å². The molecule has 1 unspecified atom stereocenters. The van der Waals surface area contributed by atoms with E-state index in [2.05, 4.69) is 26.0 Å². The predicted octanol–water partition coefficient (Wildman–Crippen LogP) is 2.76. The molecule has 0 aromatic heterocycles. The zero-order chi connectivity index (χ0) is 11.1. The van der Waals surface area contributed by atoms with E-state index in [1.165, 1.54) is 5.56 Å². The van der Waals surface area contributed by atoms with Crippen molar-refractivity contribution >= 4 is 0 Å². The quantitative estimate of drug-likeness (QED) is 0.778. The van der Waals surface area contributed by atoms with Crippen LogP contribution in [0.15, 0.2) is 24.3 Å². The Morgan fingerprint density at radius 2 is 1.87 bits per heavy atom.